The number of ether oxygens (including phenoxy) is 2. The number of amides is 1. The van der Waals surface area contributed by atoms with Gasteiger partial charge in [0.1, 0.15) is 6.04 Å². The fourth-order valence-corrected chi connectivity index (χ4v) is 1.97. The predicted octanol–water partition coefficient (Wildman–Crippen LogP) is 1.11. The molecule has 0 aliphatic rings. The van der Waals surface area contributed by atoms with Crippen molar-refractivity contribution < 1.29 is 32.0 Å². The first-order valence-corrected chi connectivity index (χ1v) is 9.20. The van der Waals surface area contributed by atoms with E-state index in [0.29, 0.717) is 6.61 Å². The quantitative estimate of drug-likeness (QED) is 0.484. The van der Waals surface area contributed by atoms with Crippen LogP contribution in [-0.4, -0.2) is 51.3 Å². The van der Waals surface area contributed by atoms with Gasteiger partial charge in [-0.1, -0.05) is 31.5 Å². The molecule has 0 heterocycles. The number of nitrogens with two attached hydrogens (primary N) is 1. The first-order valence-electron chi connectivity index (χ1n) is 7.76. The molecule has 26 heavy (non-hydrogen) atoms. The fraction of sp³-hybridized carbons (Fsp3) is 0.500. The topological polar surface area (TPSA) is 145 Å². The number of nitrogens with one attached hydrogen (secondary N) is 1. The number of alkyl carbamates (subject to hydrolysis) is 1. The minimum absolute atomic E-state index is 0.0244. The molecule has 0 saturated heterocycles. The van der Waals surface area contributed by atoms with Crippen LogP contribution in [0.3, 0.4) is 0 Å². The van der Waals surface area contributed by atoms with Gasteiger partial charge in [0.05, 0.1) is 18.6 Å². The van der Waals surface area contributed by atoms with Crippen LogP contribution >= 0.6 is 0 Å². The molecular formula is C16H26N2O7S. The Kier molecular flexibility index (Phi) is 10.5. The second-order valence-electron chi connectivity index (χ2n) is 5.74. The lowest BCUT2D eigenvalue weighted by Gasteiger charge is -2.14. The van der Waals surface area contributed by atoms with Crippen molar-refractivity contribution in [2.24, 2.45) is 11.7 Å². The SMILES string of the molecule is COC(=O)[C@H](CN)NC(=O)OCC(C)C.Cc1ccc(S(=O)(=O)O)cc1. The van der Waals surface area contributed by atoms with Crippen molar-refractivity contribution in [3.63, 3.8) is 0 Å². The third-order valence-corrected chi connectivity index (χ3v) is 3.75. The first kappa shape index (κ1) is 23.8. The van der Waals surface area contributed by atoms with Crippen molar-refractivity contribution in [3.05, 3.63) is 29.8 Å². The van der Waals surface area contributed by atoms with E-state index in [9.17, 15) is 18.0 Å². The molecule has 1 amide bonds. The lowest BCUT2D eigenvalue weighted by atomic mass is 10.2. The number of aryl methyl sites for hydroxylation is 1. The third kappa shape index (κ3) is 9.97. The summed E-state index contributed by atoms with van der Waals surface area (Å²) in [7, 11) is -2.79. The van der Waals surface area contributed by atoms with Crippen LogP contribution in [0, 0.1) is 12.8 Å². The summed E-state index contributed by atoms with van der Waals surface area (Å²) in [6.07, 6.45) is -0.662. The van der Waals surface area contributed by atoms with E-state index in [1.807, 2.05) is 20.8 Å². The standard InChI is InChI=1S/C9H18N2O4.C7H8O3S/c1-6(2)5-15-9(13)11-7(4-10)8(12)14-3;1-6-2-4-7(5-3-6)11(8,9)10/h6-7H,4-5,10H2,1-3H3,(H,11,13);2-5H,1H3,(H,8,9,10)/t7-;/m0./s1. The maximum absolute atomic E-state index is 11.1. The summed E-state index contributed by atoms with van der Waals surface area (Å²) >= 11 is 0. The van der Waals surface area contributed by atoms with E-state index >= 15 is 0 Å². The number of hydrogen-bond donors (Lipinski definition) is 3. The molecule has 0 spiro atoms. The molecule has 0 aliphatic carbocycles. The van der Waals surface area contributed by atoms with Crippen LogP contribution in [0.25, 0.3) is 0 Å². The Morgan fingerprint density at radius 3 is 2.15 bits per heavy atom. The van der Waals surface area contributed by atoms with Crippen LogP contribution in [0.2, 0.25) is 0 Å². The van der Waals surface area contributed by atoms with Crippen molar-refractivity contribution in [2.75, 3.05) is 20.3 Å². The van der Waals surface area contributed by atoms with Crippen LogP contribution in [-0.2, 0) is 24.4 Å². The molecule has 10 heteroatoms. The normalized spacial score (nSPS) is 11.8. The second-order valence-corrected chi connectivity index (χ2v) is 7.16. The Morgan fingerprint density at radius 2 is 1.77 bits per heavy atom. The van der Waals surface area contributed by atoms with Crippen molar-refractivity contribution in [1.29, 1.82) is 0 Å². The summed E-state index contributed by atoms with van der Waals surface area (Å²) in [4.78, 5) is 22.1. The van der Waals surface area contributed by atoms with E-state index < -0.39 is 28.2 Å². The van der Waals surface area contributed by atoms with E-state index in [4.69, 9.17) is 15.0 Å². The van der Waals surface area contributed by atoms with Gasteiger partial charge in [0.2, 0.25) is 0 Å². The average Bonchev–Trinajstić information content (AvgIpc) is 2.57. The fourth-order valence-electron chi connectivity index (χ4n) is 1.49. The number of carbonyl (C=O) groups excluding carboxylic acids is 2. The summed E-state index contributed by atoms with van der Waals surface area (Å²) in [6.45, 7) is 5.93. The largest absolute Gasteiger partial charge is 0.467 e. The van der Waals surface area contributed by atoms with Gasteiger partial charge in [-0.2, -0.15) is 8.42 Å². The molecule has 148 valence electrons. The molecule has 0 aromatic heterocycles. The van der Waals surface area contributed by atoms with Gasteiger partial charge < -0.3 is 20.5 Å². The Morgan fingerprint density at radius 1 is 1.23 bits per heavy atom. The maximum Gasteiger partial charge on any atom is 0.407 e. The highest BCUT2D eigenvalue weighted by Crippen LogP contribution is 2.08. The van der Waals surface area contributed by atoms with Crippen molar-refractivity contribution in [1.82, 2.24) is 5.32 Å². The van der Waals surface area contributed by atoms with Gasteiger partial charge in [0.25, 0.3) is 10.1 Å². The molecule has 0 aliphatic heterocycles. The van der Waals surface area contributed by atoms with Crippen molar-refractivity contribution in [3.8, 4) is 0 Å². The van der Waals surface area contributed by atoms with Crippen molar-refractivity contribution >= 4 is 22.2 Å². The van der Waals surface area contributed by atoms with Crippen LogP contribution in [0.5, 0.6) is 0 Å². The van der Waals surface area contributed by atoms with E-state index in [1.54, 1.807) is 12.1 Å². The van der Waals surface area contributed by atoms with Gasteiger partial charge in [-0.15, -0.1) is 0 Å². The van der Waals surface area contributed by atoms with Gasteiger partial charge in [0.15, 0.2) is 0 Å². The Bertz CT molecular complexity index is 672. The molecule has 9 nitrogen and oxygen atoms in total. The van der Waals surface area contributed by atoms with E-state index in [0.717, 1.165) is 5.56 Å². The highest BCUT2D eigenvalue weighted by molar-refractivity contribution is 7.85. The van der Waals surface area contributed by atoms with Gasteiger partial charge >= 0.3 is 12.1 Å². The lowest BCUT2D eigenvalue weighted by molar-refractivity contribution is -0.142. The van der Waals surface area contributed by atoms with E-state index in [1.165, 1.54) is 19.2 Å². The molecule has 0 radical (unpaired) electrons. The minimum Gasteiger partial charge on any atom is -0.467 e. The lowest BCUT2D eigenvalue weighted by Crippen LogP contribution is -2.46. The third-order valence-electron chi connectivity index (χ3n) is 2.88. The number of benzene rings is 1. The Hall–Kier alpha value is -2.17. The van der Waals surface area contributed by atoms with Gasteiger partial charge in [-0.3, -0.25) is 4.55 Å². The van der Waals surface area contributed by atoms with E-state index in [-0.39, 0.29) is 17.4 Å². The second kappa shape index (κ2) is 11.4. The van der Waals surface area contributed by atoms with Crippen molar-refractivity contribution in [2.45, 2.75) is 31.7 Å². The van der Waals surface area contributed by atoms with Crippen LogP contribution in [0.4, 0.5) is 4.79 Å². The maximum atomic E-state index is 11.1. The molecule has 0 bridgehead atoms. The Labute approximate surface area is 153 Å². The summed E-state index contributed by atoms with van der Waals surface area (Å²) in [5.41, 5.74) is 6.24. The molecule has 0 saturated carbocycles. The Balaban J connectivity index is 0.000000502. The molecule has 1 rings (SSSR count). The molecular weight excluding hydrogens is 364 g/mol. The van der Waals surface area contributed by atoms with E-state index in [2.05, 4.69) is 10.1 Å². The summed E-state index contributed by atoms with van der Waals surface area (Å²) in [5, 5.41) is 2.31. The molecule has 0 unspecified atom stereocenters. The highest BCUT2D eigenvalue weighted by atomic mass is 32.2. The monoisotopic (exact) mass is 390 g/mol. The zero-order valence-electron chi connectivity index (χ0n) is 15.3. The molecule has 1 aromatic rings. The molecule has 4 N–H and O–H groups in total. The van der Waals surface area contributed by atoms with Crippen LogP contribution in [0.1, 0.15) is 19.4 Å². The first-order chi connectivity index (χ1) is 12.0. The zero-order chi connectivity index (χ0) is 20.3. The highest BCUT2D eigenvalue weighted by Gasteiger charge is 2.20. The molecule has 1 aromatic carbocycles. The summed E-state index contributed by atoms with van der Waals surface area (Å²) in [5.74, 6) is -0.343. The van der Waals surface area contributed by atoms with Gasteiger partial charge in [-0.05, 0) is 25.0 Å². The number of methoxy groups -OCH3 is 1. The smallest absolute Gasteiger partial charge is 0.407 e. The van der Waals surface area contributed by atoms with Gasteiger partial charge in [-0.25, -0.2) is 9.59 Å². The van der Waals surface area contributed by atoms with Crippen LogP contribution < -0.4 is 11.1 Å². The predicted molar refractivity (Wildman–Crippen MR) is 95.2 cm³/mol. The van der Waals surface area contributed by atoms with Gasteiger partial charge in [0, 0.05) is 6.54 Å². The summed E-state index contributed by atoms with van der Waals surface area (Å²) < 4.78 is 38.8. The number of hydrogen-bond acceptors (Lipinski definition) is 7. The number of carbonyl (C=O) groups is 2. The zero-order valence-corrected chi connectivity index (χ0v) is 16.1. The minimum atomic E-state index is -4.02. The molecule has 1 atom stereocenters. The summed E-state index contributed by atoms with van der Waals surface area (Å²) in [6, 6.07) is 5.14. The van der Waals surface area contributed by atoms with Crippen LogP contribution in [0.15, 0.2) is 29.2 Å². The average molecular weight is 390 g/mol. The molecule has 0 fully saturated rings. The number of esters is 1. The number of rotatable bonds is 6.